The van der Waals surface area contributed by atoms with Crippen molar-refractivity contribution in [3.63, 3.8) is 0 Å². The number of hydrogen-bond acceptors (Lipinski definition) is 6. The summed E-state index contributed by atoms with van der Waals surface area (Å²) in [6, 6.07) is 4.74. The second-order valence-corrected chi connectivity index (χ2v) is 7.99. The summed E-state index contributed by atoms with van der Waals surface area (Å²) in [6.07, 6.45) is 0.393. The van der Waals surface area contributed by atoms with Crippen molar-refractivity contribution in [2.45, 2.75) is 18.6 Å². The fraction of sp³-hybridized carbons (Fsp3) is 0.471. The first-order chi connectivity index (χ1) is 12.6. The molecule has 10 heteroatoms. The van der Waals surface area contributed by atoms with Crippen LogP contribution in [0, 0.1) is 0 Å². The predicted octanol–water partition coefficient (Wildman–Crippen LogP) is 0.230. The van der Waals surface area contributed by atoms with Gasteiger partial charge in [0, 0.05) is 6.54 Å². The summed E-state index contributed by atoms with van der Waals surface area (Å²) in [6.45, 7) is 1.55. The van der Waals surface area contributed by atoms with Crippen molar-refractivity contribution in [1.29, 1.82) is 0 Å². The van der Waals surface area contributed by atoms with Gasteiger partial charge in [-0.05, 0) is 31.0 Å². The maximum Gasteiger partial charge on any atom is 0.500 e. The number of sulfonamides is 1. The lowest BCUT2D eigenvalue weighted by Gasteiger charge is -2.23. The highest BCUT2D eigenvalue weighted by Gasteiger charge is 2.49. The molecule has 27 heavy (non-hydrogen) atoms. The van der Waals surface area contributed by atoms with Gasteiger partial charge in [-0.2, -0.15) is 14.3 Å². The number of hydrogen-bond donors (Lipinski definition) is 1. The highest BCUT2D eigenvalue weighted by molar-refractivity contribution is 7.91. The van der Waals surface area contributed by atoms with Crippen LogP contribution in [0.3, 0.4) is 0 Å². The summed E-state index contributed by atoms with van der Waals surface area (Å²) < 4.78 is 39.3. The van der Waals surface area contributed by atoms with Crippen molar-refractivity contribution < 1.29 is 32.1 Å². The Kier molecular flexibility index (Phi) is 6.22. The molecule has 0 spiro atoms. The minimum Gasteiger partial charge on any atom is -0.493 e. The van der Waals surface area contributed by atoms with Crippen LogP contribution in [-0.2, 0) is 21.2 Å². The number of imide groups is 1. The molecule has 0 aliphatic carbocycles. The average molecular weight is 398 g/mol. The van der Waals surface area contributed by atoms with E-state index >= 15 is 0 Å². The Labute approximate surface area is 158 Å². The van der Waals surface area contributed by atoms with Crippen molar-refractivity contribution in [2.75, 3.05) is 34.9 Å². The fourth-order valence-electron chi connectivity index (χ4n) is 2.81. The molecule has 1 aromatic rings. The van der Waals surface area contributed by atoms with Gasteiger partial charge in [-0.15, -0.1) is 0 Å². The summed E-state index contributed by atoms with van der Waals surface area (Å²) in [7, 11) is 1.76. The van der Waals surface area contributed by atoms with Gasteiger partial charge in [-0.3, -0.25) is 0 Å². The normalized spacial score (nSPS) is 18.1. The SMILES string of the molecule is COc1ccc(CCNS(=O)(=O)C2C(=O)N(C)C(=O)[N+](C)=C2C)cc1OC. The molecule has 3 amide bonds. The van der Waals surface area contributed by atoms with Crippen molar-refractivity contribution in [1.82, 2.24) is 9.62 Å². The fourth-order valence-corrected chi connectivity index (χ4v) is 4.40. The van der Waals surface area contributed by atoms with Crippen LogP contribution in [0.5, 0.6) is 11.5 Å². The molecule has 1 aliphatic rings. The van der Waals surface area contributed by atoms with E-state index in [2.05, 4.69) is 4.72 Å². The van der Waals surface area contributed by atoms with E-state index in [1.165, 1.54) is 39.8 Å². The second kappa shape index (κ2) is 8.05. The molecule has 148 valence electrons. The first kappa shape index (κ1) is 20.8. The van der Waals surface area contributed by atoms with Crippen LogP contribution in [0.1, 0.15) is 12.5 Å². The van der Waals surface area contributed by atoms with Gasteiger partial charge in [0.25, 0.3) is 0 Å². The van der Waals surface area contributed by atoms with E-state index < -0.39 is 27.2 Å². The van der Waals surface area contributed by atoms with Crippen molar-refractivity contribution in [2.24, 2.45) is 0 Å². The van der Waals surface area contributed by atoms with Crippen LogP contribution in [0.2, 0.25) is 0 Å². The van der Waals surface area contributed by atoms with Crippen molar-refractivity contribution in [3.05, 3.63) is 23.8 Å². The maximum absolute atomic E-state index is 12.7. The molecule has 0 fully saturated rings. The number of nitrogens with zero attached hydrogens (tertiary/aromatic N) is 2. The molecule has 1 aromatic carbocycles. The quantitative estimate of drug-likeness (QED) is 0.659. The molecule has 0 saturated carbocycles. The van der Waals surface area contributed by atoms with Crippen LogP contribution in [0.4, 0.5) is 4.79 Å². The minimum atomic E-state index is -4.00. The Bertz CT molecular complexity index is 894. The third-order valence-electron chi connectivity index (χ3n) is 4.51. The molecule has 0 bridgehead atoms. The van der Waals surface area contributed by atoms with Gasteiger partial charge in [0.2, 0.25) is 15.3 Å². The summed E-state index contributed by atoms with van der Waals surface area (Å²) >= 11 is 0. The molecule has 9 nitrogen and oxygen atoms in total. The zero-order valence-corrected chi connectivity index (χ0v) is 16.8. The van der Waals surface area contributed by atoms with Gasteiger partial charge in [0.05, 0.1) is 28.3 Å². The monoisotopic (exact) mass is 398 g/mol. The van der Waals surface area contributed by atoms with Gasteiger partial charge in [-0.25, -0.2) is 17.9 Å². The number of nitrogens with one attached hydrogen (secondary N) is 1. The smallest absolute Gasteiger partial charge is 0.493 e. The largest absolute Gasteiger partial charge is 0.500 e. The third-order valence-corrected chi connectivity index (χ3v) is 6.28. The number of urea groups is 1. The van der Waals surface area contributed by atoms with E-state index in [-0.39, 0.29) is 12.3 Å². The van der Waals surface area contributed by atoms with E-state index in [0.717, 1.165) is 10.5 Å². The lowest BCUT2D eigenvalue weighted by atomic mass is 10.1. The van der Waals surface area contributed by atoms with Crippen molar-refractivity contribution >= 4 is 27.7 Å². The molecule has 1 heterocycles. The Hall–Kier alpha value is -2.46. The molecule has 1 N–H and O–H groups in total. The molecule has 1 atom stereocenters. The highest BCUT2D eigenvalue weighted by Crippen LogP contribution is 2.27. The zero-order chi connectivity index (χ0) is 20.4. The summed E-state index contributed by atoms with van der Waals surface area (Å²) in [4.78, 5) is 25.0. The third kappa shape index (κ3) is 4.11. The molecule has 0 aromatic heterocycles. The molecular weight excluding hydrogens is 374 g/mol. The summed E-state index contributed by atoms with van der Waals surface area (Å²) in [5.41, 5.74) is 1.01. The van der Waals surface area contributed by atoms with Crippen molar-refractivity contribution in [3.8, 4) is 11.5 Å². The number of carbonyl (C=O) groups is 2. The zero-order valence-electron chi connectivity index (χ0n) is 16.0. The van der Waals surface area contributed by atoms with Gasteiger partial charge in [0.1, 0.15) is 5.71 Å². The maximum atomic E-state index is 12.7. The van der Waals surface area contributed by atoms with Gasteiger partial charge >= 0.3 is 11.9 Å². The van der Waals surface area contributed by atoms with E-state index in [0.29, 0.717) is 17.9 Å². The Morgan fingerprint density at radius 3 is 2.41 bits per heavy atom. The predicted molar refractivity (Wildman–Crippen MR) is 99.0 cm³/mol. The minimum absolute atomic E-state index is 0.0935. The van der Waals surface area contributed by atoms with Crippen LogP contribution in [0.25, 0.3) is 0 Å². The van der Waals surface area contributed by atoms with Gasteiger partial charge in [-0.1, -0.05) is 6.07 Å². The van der Waals surface area contributed by atoms with E-state index in [9.17, 15) is 18.0 Å². The van der Waals surface area contributed by atoms with Gasteiger partial charge < -0.3 is 9.47 Å². The first-order valence-electron chi connectivity index (χ1n) is 8.22. The van der Waals surface area contributed by atoms with E-state index in [4.69, 9.17) is 9.47 Å². The van der Waals surface area contributed by atoms with Crippen LogP contribution >= 0.6 is 0 Å². The number of rotatable bonds is 7. The molecule has 2 rings (SSSR count). The van der Waals surface area contributed by atoms with Crippen LogP contribution in [-0.4, -0.2) is 75.7 Å². The first-order valence-corrected chi connectivity index (χ1v) is 9.76. The second-order valence-electron chi connectivity index (χ2n) is 6.14. The van der Waals surface area contributed by atoms with Crippen LogP contribution in [0.15, 0.2) is 18.2 Å². The molecule has 0 saturated heterocycles. The standard InChI is InChI=1S/C17H24N3O6S/c1-11-15(16(21)20(3)17(22)19(11)2)27(23,24)18-9-8-12-6-7-13(25-4)14(10-12)26-5/h6-7,10,15,18H,8-9H2,1-5H3/q+1. The average Bonchev–Trinajstić information content (AvgIpc) is 2.64. The Morgan fingerprint density at radius 1 is 1.19 bits per heavy atom. The number of amides is 3. The number of ether oxygens (including phenoxy) is 2. The molecule has 1 unspecified atom stereocenters. The highest BCUT2D eigenvalue weighted by atomic mass is 32.2. The van der Waals surface area contributed by atoms with Crippen LogP contribution < -0.4 is 14.2 Å². The topological polar surface area (TPSA) is 105 Å². The Balaban J connectivity index is 2.13. The number of methoxy groups -OCH3 is 2. The summed E-state index contributed by atoms with van der Waals surface area (Å²) in [5.74, 6) is 0.357. The number of benzene rings is 1. The number of carbonyl (C=O) groups excluding carboxylic acids is 2. The molecular formula is C17H24N3O6S+. The van der Waals surface area contributed by atoms with Gasteiger partial charge in [0.15, 0.2) is 11.5 Å². The van der Waals surface area contributed by atoms with E-state index in [1.807, 2.05) is 0 Å². The summed E-state index contributed by atoms with van der Waals surface area (Å²) in [5, 5.41) is -1.43. The lowest BCUT2D eigenvalue weighted by Crippen LogP contribution is -2.59. The Morgan fingerprint density at radius 2 is 1.81 bits per heavy atom. The molecule has 1 aliphatic heterocycles. The lowest BCUT2D eigenvalue weighted by molar-refractivity contribution is -0.405. The molecule has 0 radical (unpaired) electrons. The van der Waals surface area contributed by atoms with E-state index in [1.54, 1.807) is 18.2 Å².